The smallest absolute Gasteiger partial charge is 0.321 e. The minimum absolute atomic E-state index is 0.104. The van der Waals surface area contributed by atoms with Crippen molar-refractivity contribution < 1.29 is 14.3 Å². The SMILES string of the molecule is COc1ccccc1NC(=O)N1CCC(Oc2cccc(-c3cccs3)c2)CC1. The van der Waals surface area contributed by atoms with Crippen molar-refractivity contribution in [3.63, 3.8) is 0 Å². The number of rotatable bonds is 5. The van der Waals surface area contributed by atoms with Crippen molar-refractivity contribution in [2.24, 2.45) is 0 Å². The molecule has 0 aliphatic carbocycles. The second-order valence-electron chi connectivity index (χ2n) is 6.94. The van der Waals surface area contributed by atoms with Crippen LogP contribution in [0, 0.1) is 0 Å². The summed E-state index contributed by atoms with van der Waals surface area (Å²) in [5.74, 6) is 1.54. The highest BCUT2D eigenvalue weighted by molar-refractivity contribution is 7.13. The molecule has 0 bridgehead atoms. The molecular weight excluding hydrogens is 384 g/mol. The molecule has 5 nitrogen and oxygen atoms in total. The number of hydrogen-bond acceptors (Lipinski definition) is 4. The number of amides is 2. The largest absolute Gasteiger partial charge is 0.495 e. The van der Waals surface area contributed by atoms with Crippen LogP contribution in [-0.4, -0.2) is 37.2 Å². The molecule has 150 valence electrons. The first kappa shape index (κ1) is 19.3. The Labute approximate surface area is 174 Å². The molecule has 2 amide bonds. The number of benzene rings is 2. The van der Waals surface area contributed by atoms with E-state index in [1.54, 1.807) is 18.4 Å². The molecule has 1 aromatic heterocycles. The van der Waals surface area contributed by atoms with Gasteiger partial charge in [-0.15, -0.1) is 11.3 Å². The molecule has 4 rings (SSSR count). The van der Waals surface area contributed by atoms with Crippen LogP contribution in [0.15, 0.2) is 66.0 Å². The molecule has 2 heterocycles. The first-order valence-corrected chi connectivity index (χ1v) is 10.6. The highest BCUT2D eigenvalue weighted by atomic mass is 32.1. The zero-order chi connectivity index (χ0) is 20.1. The highest BCUT2D eigenvalue weighted by Gasteiger charge is 2.24. The number of piperidine rings is 1. The van der Waals surface area contributed by atoms with Gasteiger partial charge >= 0.3 is 6.03 Å². The number of urea groups is 1. The molecule has 0 spiro atoms. The third-order valence-corrected chi connectivity index (χ3v) is 5.94. The maximum atomic E-state index is 12.6. The van der Waals surface area contributed by atoms with E-state index in [-0.39, 0.29) is 12.1 Å². The molecule has 3 aromatic rings. The lowest BCUT2D eigenvalue weighted by atomic mass is 10.1. The fraction of sp³-hybridized carbons (Fsp3) is 0.261. The van der Waals surface area contributed by atoms with Crippen LogP contribution in [0.1, 0.15) is 12.8 Å². The molecule has 2 aromatic carbocycles. The Morgan fingerprint density at radius 2 is 1.90 bits per heavy atom. The minimum atomic E-state index is -0.104. The number of carbonyl (C=O) groups is 1. The van der Waals surface area contributed by atoms with E-state index >= 15 is 0 Å². The lowest BCUT2D eigenvalue weighted by molar-refractivity contribution is 0.115. The van der Waals surface area contributed by atoms with Crippen LogP contribution in [-0.2, 0) is 0 Å². The highest BCUT2D eigenvalue weighted by Crippen LogP contribution is 2.29. The summed E-state index contributed by atoms with van der Waals surface area (Å²) in [5, 5.41) is 5.02. The van der Waals surface area contributed by atoms with Crippen LogP contribution in [0.5, 0.6) is 11.5 Å². The van der Waals surface area contributed by atoms with Gasteiger partial charge in [0.05, 0.1) is 12.8 Å². The third kappa shape index (κ3) is 4.71. The maximum absolute atomic E-state index is 12.6. The molecule has 1 saturated heterocycles. The summed E-state index contributed by atoms with van der Waals surface area (Å²) in [6.45, 7) is 1.33. The lowest BCUT2D eigenvalue weighted by Gasteiger charge is -2.32. The fourth-order valence-corrected chi connectivity index (χ4v) is 4.20. The minimum Gasteiger partial charge on any atom is -0.495 e. The van der Waals surface area contributed by atoms with Gasteiger partial charge in [0.15, 0.2) is 0 Å². The van der Waals surface area contributed by atoms with E-state index in [2.05, 4.69) is 35.0 Å². The normalized spacial score (nSPS) is 14.4. The van der Waals surface area contributed by atoms with Gasteiger partial charge in [-0.2, -0.15) is 0 Å². The first-order valence-electron chi connectivity index (χ1n) is 9.72. The Hall–Kier alpha value is -2.99. The van der Waals surface area contributed by atoms with Crippen molar-refractivity contribution in [3.8, 4) is 21.9 Å². The van der Waals surface area contributed by atoms with E-state index in [1.807, 2.05) is 41.3 Å². The van der Waals surface area contributed by atoms with Gasteiger partial charge in [-0.3, -0.25) is 0 Å². The molecule has 0 atom stereocenters. The lowest BCUT2D eigenvalue weighted by Crippen LogP contribution is -2.43. The zero-order valence-corrected chi connectivity index (χ0v) is 17.2. The predicted molar refractivity (Wildman–Crippen MR) is 117 cm³/mol. The van der Waals surface area contributed by atoms with Gasteiger partial charge < -0.3 is 19.7 Å². The van der Waals surface area contributed by atoms with Crippen molar-refractivity contribution in [2.75, 3.05) is 25.5 Å². The van der Waals surface area contributed by atoms with Gasteiger partial charge in [0, 0.05) is 30.8 Å². The summed E-state index contributed by atoms with van der Waals surface area (Å²) in [7, 11) is 1.60. The average Bonchev–Trinajstić information content (AvgIpc) is 3.30. The molecule has 1 aliphatic rings. The van der Waals surface area contributed by atoms with Crippen LogP contribution in [0.25, 0.3) is 10.4 Å². The number of nitrogens with zero attached hydrogens (tertiary/aromatic N) is 1. The summed E-state index contributed by atoms with van der Waals surface area (Å²) in [6.07, 6.45) is 1.73. The molecule has 0 saturated carbocycles. The van der Waals surface area contributed by atoms with Crippen LogP contribution in [0.3, 0.4) is 0 Å². The molecule has 1 fully saturated rings. The monoisotopic (exact) mass is 408 g/mol. The summed E-state index contributed by atoms with van der Waals surface area (Å²) in [4.78, 5) is 15.7. The van der Waals surface area contributed by atoms with E-state index < -0.39 is 0 Å². The number of para-hydroxylation sites is 2. The quantitative estimate of drug-likeness (QED) is 0.607. The Balaban J connectivity index is 1.32. The Morgan fingerprint density at radius 1 is 1.07 bits per heavy atom. The van der Waals surface area contributed by atoms with Gasteiger partial charge in [0.1, 0.15) is 17.6 Å². The second kappa shape index (κ2) is 9.01. The van der Waals surface area contributed by atoms with Gasteiger partial charge in [0.2, 0.25) is 0 Å². The Kier molecular flexibility index (Phi) is 6.00. The predicted octanol–water partition coefficient (Wildman–Crippen LogP) is 5.50. The van der Waals surface area contributed by atoms with Gasteiger partial charge in [-0.25, -0.2) is 4.79 Å². The van der Waals surface area contributed by atoms with E-state index in [4.69, 9.17) is 9.47 Å². The summed E-state index contributed by atoms with van der Waals surface area (Å²) in [5.41, 5.74) is 1.86. The van der Waals surface area contributed by atoms with Crippen LogP contribution in [0.4, 0.5) is 10.5 Å². The standard InChI is InChI=1S/C23H24N2O3S/c1-27-21-9-3-2-8-20(21)24-23(26)25-13-11-18(12-14-25)28-19-7-4-6-17(16-19)22-10-5-15-29-22/h2-10,15-16,18H,11-14H2,1H3,(H,24,26). The van der Waals surface area contributed by atoms with Crippen LogP contribution >= 0.6 is 11.3 Å². The number of thiophene rings is 1. The number of likely N-dealkylation sites (tertiary alicyclic amines) is 1. The molecule has 29 heavy (non-hydrogen) atoms. The van der Waals surface area contributed by atoms with Crippen LogP contribution < -0.4 is 14.8 Å². The van der Waals surface area contributed by atoms with Gasteiger partial charge in [0.25, 0.3) is 0 Å². The molecule has 1 N–H and O–H groups in total. The number of nitrogens with one attached hydrogen (secondary N) is 1. The maximum Gasteiger partial charge on any atom is 0.321 e. The van der Waals surface area contributed by atoms with Crippen LogP contribution in [0.2, 0.25) is 0 Å². The Morgan fingerprint density at radius 3 is 2.66 bits per heavy atom. The van der Waals surface area contributed by atoms with Crippen molar-refractivity contribution >= 4 is 23.1 Å². The molecule has 6 heteroatoms. The fourth-order valence-electron chi connectivity index (χ4n) is 3.48. The molecular formula is C23H24N2O3S. The van der Waals surface area contributed by atoms with Gasteiger partial charge in [-0.1, -0.05) is 30.3 Å². The van der Waals surface area contributed by atoms with E-state index in [9.17, 15) is 4.79 Å². The molecule has 0 unspecified atom stereocenters. The van der Waals surface area contributed by atoms with Crippen molar-refractivity contribution in [2.45, 2.75) is 18.9 Å². The first-order chi connectivity index (χ1) is 14.2. The third-order valence-electron chi connectivity index (χ3n) is 5.02. The number of carbonyl (C=O) groups excluding carboxylic acids is 1. The molecule has 1 aliphatic heterocycles. The zero-order valence-electron chi connectivity index (χ0n) is 16.3. The van der Waals surface area contributed by atoms with E-state index in [0.717, 1.165) is 18.6 Å². The Bertz CT molecular complexity index is 950. The topological polar surface area (TPSA) is 50.8 Å². The summed E-state index contributed by atoms with van der Waals surface area (Å²) < 4.78 is 11.5. The summed E-state index contributed by atoms with van der Waals surface area (Å²) >= 11 is 1.72. The second-order valence-corrected chi connectivity index (χ2v) is 7.89. The van der Waals surface area contributed by atoms with Crippen molar-refractivity contribution in [1.82, 2.24) is 4.90 Å². The summed E-state index contributed by atoms with van der Waals surface area (Å²) in [6, 6.07) is 19.7. The average molecular weight is 409 g/mol. The van der Waals surface area contributed by atoms with Crippen molar-refractivity contribution in [3.05, 3.63) is 66.0 Å². The van der Waals surface area contributed by atoms with E-state index in [1.165, 1.54) is 10.4 Å². The number of methoxy groups -OCH3 is 1. The number of ether oxygens (including phenoxy) is 2. The van der Waals surface area contributed by atoms with Gasteiger partial charge in [-0.05, 0) is 41.3 Å². The number of hydrogen-bond donors (Lipinski definition) is 1. The molecule has 0 radical (unpaired) electrons. The van der Waals surface area contributed by atoms with E-state index in [0.29, 0.717) is 24.5 Å². The number of anilines is 1. The van der Waals surface area contributed by atoms with Crippen molar-refractivity contribution in [1.29, 1.82) is 0 Å².